The van der Waals surface area contributed by atoms with Crippen molar-refractivity contribution in [3.63, 3.8) is 0 Å². The van der Waals surface area contributed by atoms with Crippen LogP contribution in [0.25, 0.3) is 0 Å². The Balaban J connectivity index is 2.35. The highest BCUT2D eigenvalue weighted by molar-refractivity contribution is 5.88. The molecule has 0 bridgehead atoms. The van der Waals surface area contributed by atoms with Crippen LogP contribution in [0.2, 0.25) is 0 Å². The number of carbonyl (C=O) groups is 1. The summed E-state index contributed by atoms with van der Waals surface area (Å²) >= 11 is 0. The molecule has 86 valence electrons. The average molecular weight is 220 g/mol. The average Bonchev–Trinajstić information content (AvgIpc) is 3.11. The van der Waals surface area contributed by atoms with Gasteiger partial charge >= 0.3 is 5.97 Å². The van der Waals surface area contributed by atoms with Crippen LogP contribution in [0.4, 0.5) is 5.82 Å². The van der Waals surface area contributed by atoms with Gasteiger partial charge in [0.25, 0.3) is 0 Å². The van der Waals surface area contributed by atoms with Crippen LogP contribution in [-0.4, -0.2) is 29.1 Å². The van der Waals surface area contributed by atoms with Gasteiger partial charge in [-0.05, 0) is 31.4 Å². The molecule has 16 heavy (non-hydrogen) atoms. The Bertz CT molecular complexity index is 413. The summed E-state index contributed by atoms with van der Waals surface area (Å²) in [6, 6.07) is 3.84. The number of carboxylic acid groups (broad SMARTS) is 1. The van der Waals surface area contributed by atoms with Crippen LogP contribution in [0.5, 0.6) is 0 Å². The predicted molar refractivity (Wildman–Crippen MR) is 62.0 cm³/mol. The summed E-state index contributed by atoms with van der Waals surface area (Å²) in [4.78, 5) is 17.5. The van der Waals surface area contributed by atoms with Crippen LogP contribution in [0.3, 0.4) is 0 Å². The van der Waals surface area contributed by atoms with E-state index in [0.29, 0.717) is 11.6 Å². The van der Waals surface area contributed by atoms with E-state index in [1.165, 1.54) is 12.8 Å². The molecule has 1 fully saturated rings. The summed E-state index contributed by atoms with van der Waals surface area (Å²) in [5.74, 6) is -0.109. The molecule has 2 rings (SSSR count). The summed E-state index contributed by atoms with van der Waals surface area (Å²) in [5.41, 5.74) is 1.16. The first-order valence-corrected chi connectivity index (χ1v) is 5.59. The maximum absolute atomic E-state index is 11.0. The minimum absolute atomic E-state index is 0.328. The van der Waals surface area contributed by atoms with Gasteiger partial charge in [-0.2, -0.15) is 0 Å². The third-order valence-electron chi connectivity index (χ3n) is 2.93. The number of nitrogens with zero attached hydrogens (tertiary/aromatic N) is 2. The van der Waals surface area contributed by atoms with E-state index in [9.17, 15) is 4.79 Å². The Labute approximate surface area is 94.9 Å². The Morgan fingerprint density at radius 3 is 2.75 bits per heavy atom. The van der Waals surface area contributed by atoms with E-state index in [2.05, 4.69) is 9.88 Å². The number of hydrogen-bond donors (Lipinski definition) is 1. The van der Waals surface area contributed by atoms with Crippen LogP contribution in [0, 0.1) is 0 Å². The number of aromatic nitrogens is 1. The molecule has 0 atom stereocenters. The van der Waals surface area contributed by atoms with Gasteiger partial charge in [0.1, 0.15) is 5.82 Å². The van der Waals surface area contributed by atoms with Gasteiger partial charge in [0.15, 0.2) is 0 Å². The van der Waals surface area contributed by atoms with Crippen LogP contribution in [0.1, 0.15) is 35.8 Å². The molecule has 0 unspecified atom stereocenters. The van der Waals surface area contributed by atoms with Gasteiger partial charge in [0.2, 0.25) is 0 Å². The van der Waals surface area contributed by atoms with Crippen molar-refractivity contribution < 1.29 is 9.90 Å². The number of aryl methyl sites for hydroxylation is 1. The number of rotatable bonds is 4. The topological polar surface area (TPSA) is 53.4 Å². The molecule has 1 aliphatic carbocycles. The molecule has 0 aliphatic heterocycles. The molecule has 1 aliphatic rings. The first kappa shape index (κ1) is 10.9. The SMILES string of the molecule is CCc1cc(C(=O)O)cc(N(C)C2CC2)n1. The number of anilines is 1. The lowest BCUT2D eigenvalue weighted by molar-refractivity contribution is 0.0696. The normalized spacial score (nSPS) is 14.9. The molecule has 0 spiro atoms. The zero-order valence-corrected chi connectivity index (χ0v) is 9.60. The molecule has 1 aromatic rings. The Morgan fingerprint density at radius 2 is 2.25 bits per heavy atom. The van der Waals surface area contributed by atoms with Gasteiger partial charge in [0.05, 0.1) is 5.56 Å². The molecule has 4 nitrogen and oxygen atoms in total. The number of carboxylic acids is 1. The summed E-state index contributed by atoms with van der Waals surface area (Å²) in [6.07, 6.45) is 3.11. The van der Waals surface area contributed by atoms with Crippen molar-refractivity contribution >= 4 is 11.8 Å². The van der Waals surface area contributed by atoms with Crippen molar-refractivity contribution in [2.75, 3.05) is 11.9 Å². The summed E-state index contributed by atoms with van der Waals surface area (Å²) < 4.78 is 0. The van der Waals surface area contributed by atoms with Crippen molar-refractivity contribution in [1.29, 1.82) is 0 Å². The van der Waals surface area contributed by atoms with E-state index < -0.39 is 5.97 Å². The molecular weight excluding hydrogens is 204 g/mol. The number of hydrogen-bond acceptors (Lipinski definition) is 3. The lowest BCUT2D eigenvalue weighted by atomic mass is 10.2. The highest BCUT2D eigenvalue weighted by Crippen LogP contribution is 2.29. The van der Waals surface area contributed by atoms with Gasteiger partial charge in [-0.25, -0.2) is 9.78 Å². The van der Waals surface area contributed by atoms with Crippen LogP contribution in [0.15, 0.2) is 12.1 Å². The van der Waals surface area contributed by atoms with Crippen molar-refractivity contribution in [1.82, 2.24) is 4.98 Å². The zero-order valence-electron chi connectivity index (χ0n) is 9.60. The third kappa shape index (κ3) is 2.15. The minimum Gasteiger partial charge on any atom is -0.478 e. The third-order valence-corrected chi connectivity index (χ3v) is 2.93. The van der Waals surface area contributed by atoms with Gasteiger partial charge in [-0.15, -0.1) is 0 Å². The summed E-state index contributed by atoms with van der Waals surface area (Å²) in [7, 11) is 1.98. The van der Waals surface area contributed by atoms with Crippen LogP contribution < -0.4 is 4.90 Å². The standard InChI is InChI=1S/C12H16N2O2/c1-3-9-6-8(12(15)16)7-11(13-9)14(2)10-4-5-10/h6-7,10H,3-5H2,1-2H3,(H,15,16). The fourth-order valence-electron chi connectivity index (χ4n) is 1.71. The predicted octanol–water partition coefficient (Wildman–Crippen LogP) is 1.94. The number of aromatic carboxylic acids is 1. The molecule has 1 saturated carbocycles. The molecule has 0 saturated heterocycles. The largest absolute Gasteiger partial charge is 0.478 e. The van der Waals surface area contributed by atoms with E-state index >= 15 is 0 Å². The Morgan fingerprint density at radius 1 is 1.56 bits per heavy atom. The molecule has 0 aromatic carbocycles. The van der Waals surface area contributed by atoms with Crippen molar-refractivity contribution in [2.45, 2.75) is 32.2 Å². The second-order valence-corrected chi connectivity index (χ2v) is 4.21. The Kier molecular flexibility index (Phi) is 2.81. The maximum Gasteiger partial charge on any atom is 0.335 e. The molecule has 1 aromatic heterocycles. The van der Waals surface area contributed by atoms with Crippen molar-refractivity contribution in [3.05, 3.63) is 23.4 Å². The fraction of sp³-hybridized carbons (Fsp3) is 0.500. The highest BCUT2D eigenvalue weighted by Gasteiger charge is 2.27. The lowest BCUT2D eigenvalue weighted by Crippen LogP contribution is -2.21. The monoisotopic (exact) mass is 220 g/mol. The highest BCUT2D eigenvalue weighted by atomic mass is 16.4. The van der Waals surface area contributed by atoms with Crippen LogP contribution >= 0.6 is 0 Å². The van der Waals surface area contributed by atoms with Gasteiger partial charge < -0.3 is 10.0 Å². The molecule has 0 radical (unpaired) electrons. The second-order valence-electron chi connectivity index (χ2n) is 4.21. The van der Waals surface area contributed by atoms with Gasteiger partial charge in [0, 0.05) is 18.8 Å². The number of pyridine rings is 1. The van der Waals surface area contributed by atoms with Gasteiger partial charge in [-0.1, -0.05) is 6.92 Å². The minimum atomic E-state index is -0.887. The molecular formula is C12H16N2O2. The quantitative estimate of drug-likeness (QED) is 0.842. The summed E-state index contributed by atoms with van der Waals surface area (Å²) in [5, 5.41) is 9.02. The first-order valence-electron chi connectivity index (χ1n) is 5.59. The van der Waals surface area contributed by atoms with Crippen LogP contribution in [-0.2, 0) is 6.42 Å². The van der Waals surface area contributed by atoms with Crippen molar-refractivity contribution in [2.24, 2.45) is 0 Å². The Hall–Kier alpha value is -1.58. The first-order chi connectivity index (χ1) is 7.61. The molecule has 0 amide bonds. The van der Waals surface area contributed by atoms with E-state index in [-0.39, 0.29) is 0 Å². The van der Waals surface area contributed by atoms with E-state index in [0.717, 1.165) is 17.9 Å². The smallest absolute Gasteiger partial charge is 0.335 e. The fourth-order valence-corrected chi connectivity index (χ4v) is 1.71. The lowest BCUT2D eigenvalue weighted by Gasteiger charge is -2.18. The van der Waals surface area contributed by atoms with E-state index in [1.807, 2.05) is 14.0 Å². The maximum atomic E-state index is 11.0. The van der Waals surface area contributed by atoms with E-state index in [4.69, 9.17) is 5.11 Å². The second kappa shape index (κ2) is 4.12. The molecule has 4 heteroatoms. The van der Waals surface area contributed by atoms with Crippen molar-refractivity contribution in [3.8, 4) is 0 Å². The summed E-state index contributed by atoms with van der Waals surface area (Å²) in [6.45, 7) is 1.98. The zero-order chi connectivity index (χ0) is 11.7. The van der Waals surface area contributed by atoms with Gasteiger partial charge in [-0.3, -0.25) is 0 Å². The molecule has 1 heterocycles. The molecule has 1 N–H and O–H groups in total. The van der Waals surface area contributed by atoms with E-state index in [1.54, 1.807) is 12.1 Å².